The van der Waals surface area contributed by atoms with Crippen molar-refractivity contribution < 1.29 is 24.2 Å². The van der Waals surface area contributed by atoms with E-state index >= 15 is 0 Å². The zero-order valence-corrected chi connectivity index (χ0v) is 20.9. The summed E-state index contributed by atoms with van der Waals surface area (Å²) in [4.78, 5) is 29.6. The molecule has 2 aromatic carbocycles. The number of aliphatic hydroxyl groups is 1. The Morgan fingerprint density at radius 2 is 1.82 bits per heavy atom. The number of ether oxygens (including phenoxy) is 2. The SMILES string of the molecule is CCCOc1ccc([C@@H]2/C(=C(\O)c3ccc(Br)cc3)C(=O)C(=O)N2CCN(C)C)cc1OC. The molecule has 8 heteroatoms. The molecule has 7 nitrogen and oxygen atoms in total. The summed E-state index contributed by atoms with van der Waals surface area (Å²) in [5.74, 6) is -0.456. The number of hydrogen-bond donors (Lipinski definition) is 1. The minimum atomic E-state index is -0.747. The Kier molecular flexibility index (Phi) is 8.15. The second kappa shape index (κ2) is 10.9. The molecule has 1 heterocycles. The van der Waals surface area contributed by atoms with E-state index in [1.54, 1.807) is 43.5 Å². The number of methoxy groups -OCH3 is 1. The Hall–Kier alpha value is -2.84. The van der Waals surface area contributed by atoms with Crippen molar-refractivity contribution in [3.8, 4) is 11.5 Å². The van der Waals surface area contributed by atoms with Crippen molar-refractivity contribution in [3.05, 3.63) is 63.6 Å². The van der Waals surface area contributed by atoms with Crippen LogP contribution in [0.4, 0.5) is 0 Å². The first-order valence-corrected chi connectivity index (χ1v) is 11.6. The van der Waals surface area contributed by atoms with Crippen LogP contribution in [0.1, 0.15) is 30.5 Å². The van der Waals surface area contributed by atoms with Gasteiger partial charge >= 0.3 is 0 Å². The summed E-state index contributed by atoms with van der Waals surface area (Å²) in [6.07, 6.45) is 0.850. The maximum atomic E-state index is 13.1. The third-order valence-corrected chi connectivity index (χ3v) is 5.94. The maximum absolute atomic E-state index is 13.1. The van der Waals surface area contributed by atoms with Crippen molar-refractivity contribution >= 4 is 33.4 Å². The van der Waals surface area contributed by atoms with Crippen molar-refractivity contribution in [3.63, 3.8) is 0 Å². The van der Waals surface area contributed by atoms with Crippen LogP contribution in [-0.4, -0.2) is 67.5 Å². The Morgan fingerprint density at radius 3 is 2.42 bits per heavy atom. The number of aliphatic hydroxyl groups excluding tert-OH is 1. The van der Waals surface area contributed by atoms with Crippen LogP contribution in [0.3, 0.4) is 0 Å². The summed E-state index contributed by atoms with van der Waals surface area (Å²) >= 11 is 3.37. The molecule has 0 bridgehead atoms. The normalized spacial score (nSPS) is 17.6. The van der Waals surface area contributed by atoms with Crippen LogP contribution in [-0.2, 0) is 9.59 Å². The topological polar surface area (TPSA) is 79.3 Å². The van der Waals surface area contributed by atoms with Gasteiger partial charge in [-0.1, -0.05) is 41.1 Å². The van der Waals surface area contributed by atoms with Crippen molar-refractivity contribution in [2.24, 2.45) is 0 Å². The van der Waals surface area contributed by atoms with E-state index in [0.717, 1.165) is 10.9 Å². The number of carbonyl (C=O) groups excluding carboxylic acids is 2. The van der Waals surface area contributed by atoms with Gasteiger partial charge in [0.05, 0.1) is 25.3 Å². The van der Waals surface area contributed by atoms with E-state index in [-0.39, 0.29) is 11.3 Å². The third-order valence-electron chi connectivity index (χ3n) is 5.41. The number of hydrogen-bond acceptors (Lipinski definition) is 6. The number of likely N-dealkylation sites (N-methyl/N-ethyl adjacent to an activating group) is 1. The highest BCUT2D eigenvalue weighted by Gasteiger charge is 2.46. The molecule has 1 fully saturated rings. The highest BCUT2D eigenvalue weighted by molar-refractivity contribution is 9.10. The monoisotopic (exact) mass is 516 g/mol. The molecular weight excluding hydrogens is 488 g/mol. The van der Waals surface area contributed by atoms with Gasteiger partial charge in [-0.3, -0.25) is 9.59 Å². The smallest absolute Gasteiger partial charge is 0.295 e. The first-order chi connectivity index (χ1) is 15.8. The molecule has 1 atom stereocenters. The quantitative estimate of drug-likeness (QED) is 0.305. The summed E-state index contributed by atoms with van der Waals surface area (Å²) in [5, 5.41) is 11.1. The van der Waals surface area contributed by atoms with Gasteiger partial charge < -0.3 is 24.4 Å². The van der Waals surface area contributed by atoms with Crippen LogP contribution < -0.4 is 9.47 Å². The Bertz CT molecular complexity index is 1050. The van der Waals surface area contributed by atoms with Crippen molar-refractivity contribution in [2.45, 2.75) is 19.4 Å². The predicted molar refractivity (Wildman–Crippen MR) is 130 cm³/mol. The Morgan fingerprint density at radius 1 is 1.12 bits per heavy atom. The van der Waals surface area contributed by atoms with Gasteiger partial charge in [-0.25, -0.2) is 0 Å². The molecule has 0 saturated carbocycles. The number of carbonyl (C=O) groups is 2. The molecule has 0 spiro atoms. The molecule has 0 aromatic heterocycles. The zero-order chi connectivity index (χ0) is 24.1. The Balaban J connectivity index is 2.14. The van der Waals surface area contributed by atoms with Gasteiger partial charge in [0.15, 0.2) is 11.5 Å². The predicted octanol–water partition coefficient (Wildman–Crippen LogP) is 4.23. The summed E-state index contributed by atoms with van der Waals surface area (Å²) < 4.78 is 12.1. The van der Waals surface area contributed by atoms with Gasteiger partial charge in [-0.2, -0.15) is 0 Å². The van der Waals surface area contributed by atoms with E-state index < -0.39 is 17.7 Å². The van der Waals surface area contributed by atoms with Crippen LogP contribution >= 0.6 is 15.9 Å². The molecule has 1 aliphatic rings. The molecule has 0 aliphatic carbocycles. The highest BCUT2D eigenvalue weighted by atomic mass is 79.9. The lowest BCUT2D eigenvalue weighted by Crippen LogP contribution is -2.35. The number of Topliss-reactive ketones (excluding diaryl/α,β-unsaturated/α-hetero) is 1. The fourth-order valence-corrected chi connectivity index (χ4v) is 3.98. The standard InChI is InChI=1S/C25H29BrN2O5/c1-5-14-33-19-11-8-17(15-20(19)32-4)22-21(23(29)16-6-9-18(26)10-7-16)24(30)25(31)28(22)13-12-27(2)3/h6-11,15,22,29H,5,12-14H2,1-4H3/b23-21+/t22-/m1/s1. The highest BCUT2D eigenvalue weighted by Crippen LogP contribution is 2.42. The second-order valence-electron chi connectivity index (χ2n) is 8.06. The fourth-order valence-electron chi connectivity index (χ4n) is 3.71. The van der Waals surface area contributed by atoms with Crippen LogP contribution in [0.25, 0.3) is 5.76 Å². The number of amides is 1. The van der Waals surface area contributed by atoms with Crippen LogP contribution in [0, 0.1) is 0 Å². The van der Waals surface area contributed by atoms with Gasteiger partial charge in [0.25, 0.3) is 11.7 Å². The van der Waals surface area contributed by atoms with Gasteiger partial charge in [0.1, 0.15) is 5.76 Å². The number of ketones is 1. The van der Waals surface area contributed by atoms with Crippen LogP contribution in [0.5, 0.6) is 11.5 Å². The lowest BCUT2D eigenvalue weighted by molar-refractivity contribution is -0.140. The van der Waals surface area contributed by atoms with E-state index in [0.29, 0.717) is 42.3 Å². The molecule has 2 aromatic rings. The second-order valence-corrected chi connectivity index (χ2v) is 8.98. The molecule has 3 rings (SSSR count). The Labute approximate surface area is 202 Å². The first kappa shape index (κ1) is 24.8. The zero-order valence-electron chi connectivity index (χ0n) is 19.3. The molecule has 0 unspecified atom stereocenters. The summed E-state index contributed by atoms with van der Waals surface area (Å²) in [6, 6.07) is 11.5. The summed E-state index contributed by atoms with van der Waals surface area (Å²) in [5.41, 5.74) is 1.18. The number of halogens is 1. The molecule has 33 heavy (non-hydrogen) atoms. The van der Waals surface area contributed by atoms with Gasteiger partial charge in [0, 0.05) is 23.1 Å². The van der Waals surface area contributed by atoms with E-state index in [1.807, 2.05) is 32.0 Å². The minimum absolute atomic E-state index is 0.0605. The molecule has 1 amide bonds. The van der Waals surface area contributed by atoms with Gasteiger partial charge in [0.2, 0.25) is 0 Å². The molecule has 176 valence electrons. The number of likely N-dealkylation sites (tertiary alicyclic amines) is 1. The van der Waals surface area contributed by atoms with E-state index in [4.69, 9.17) is 9.47 Å². The van der Waals surface area contributed by atoms with Crippen molar-refractivity contribution in [2.75, 3.05) is 40.9 Å². The van der Waals surface area contributed by atoms with E-state index in [9.17, 15) is 14.7 Å². The van der Waals surface area contributed by atoms with E-state index in [1.165, 1.54) is 4.90 Å². The average molecular weight is 517 g/mol. The van der Waals surface area contributed by atoms with Gasteiger partial charge in [-0.15, -0.1) is 0 Å². The number of nitrogens with zero attached hydrogens (tertiary/aromatic N) is 2. The molecule has 1 saturated heterocycles. The lowest BCUT2D eigenvalue weighted by atomic mass is 9.95. The molecule has 1 aliphatic heterocycles. The van der Waals surface area contributed by atoms with Crippen LogP contribution in [0.15, 0.2) is 52.5 Å². The average Bonchev–Trinajstić information content (AvgIpc) is 3.06. The van der Waals surface area contributed by atoms with Crippen molar-refractivity contribution in [1.29, 1.82) is 0 Å². The van der Waals surface area contributed by atoms with Crippen molar-refractivity contribution in [1.82, 2.24) is 9.80 Å². The van der Waals surface area contributed by atoms with Gasteiger partial charge in [-0.05, 0) is 50.3 Å². The minimum Gasteiger partial charge on any atom is -0.507 e. The summed E-state index contributed by atoms with van der Waals surface area (Å²) in [7, 11) is 5.34. The lowest BCUT2D eigenvalue weighted by Gasteiger charge is -2.27. The molecular formula is C25H29BrN2O5. The van der Waals surface area contributed by atoms with Crippen LogP contribution in [0.2, 0.25) is 0 Å². The molecule has 1 N–H and O–H groups in total. The number of benzene rings is 2. The first-order valence-electron chi connectivity index (χ1n) is 10.8. The maximum Gasteiger partial charge on any atom is 0.295 e. The van der Waals surface area contributed by atoms with E-state index in [2.05, 4.69) is 15.9 Å². The molecule has 0 radical (unpaired) electrons. The largest absolute Gasteiger partial charge is 0.507 e. The summed E-state index contributed by atoms with van der Waals surface area (Å²) in [6.45, 7) is 3.45. The fraction of sp³-hybridized carbons (Fsp3) is 0.360. The number of rotatable bonds is 9. The third kappa shape index (κ3) is 5.39.